The SMILES string of the molecule is Nc1nc2ncc(C(=O)N3CCOC[C@H]3c3ccc(C(F)(F)F)cc3)cc2c2c1COC2. The number of nitrogens with zero attached hydrogens (tertiary/aromatic N) is 3. The summed E-state index contributed by atoms with van der Waals surface area (Å²) in [5.41, 5.74) is 8.28. The summed E-state index contributed by atoms with van der Waals surface area (Å²) in [6.45, 7) is 1.57. The van der Waals surface area contributed by atoms with Gasteiger partial charge in [-0.2, -0.15) is 13.2 Å². The van der Waals surface area contributed by atoms with Crippen LogP contribution in [0.4, 0.5) is 19.0 Å². The summed E-state index contributed by atoms with van der Waals surface area (Å²) in [6.07, 6.45) is -2.98. The Morgan fingerprint density at radius 2 is 1.88 bits per heavy atom. The number of hydrogen-bond acceptors (Lipinski definition) is 6. The maximum Gasteiger partial charge on any atom is 0.416 e. The number of halogens is 3. The average Bonchev–Trinajstić information content (AvgIpc) is 3.29. The first-order valence-electron chi connectivity index (χ1n) is 10.0. The zero-order valence-electron chi connectivity index (χ0n) is 16.9. The van der Waals surface area contributed by atoms with Gasteiger partial charge in [0.25, 0.3) is 5.91 Å². The van der Waals surface area contributed by atoms with Gasteiger partial charge >= 0.3 is 6.18 Å². The van der Waals surface area contributed by atoms with E-state index in [1.165, 1.54) is 18.3 Å². The Labute approximate surface area is 181 Å². The van der Waals surface area contributed by atoms with Crippen LogP contribution >= 0.6 is 0 Å². The number of anilines is 1. The Morgan fingerprint density at radius 1 is 1.12 bits per heavy atom. The van der Waals surface area contributed by atoms with Crippen LogP contribution in [0, 0.1) is 0 Å². The number of morpholine rings is 1. The molecule has 4 heterocycles. The predicted molar refractivity (Wildman–Crippen MR) is 108 cm³/mol. The number of alkyl halides is 3. The van der Waals surface area contributed by atoms with E-state index in [1.807, 2.05) is 0 Å². The Morgan fingerprint density at radius 3 is 2.62 bits per heavy atom. The molecule has 2 N–H and O–H groups in total. The molecule has 1 amide bonds. The summed E-state index contributed by atoms with van der Waals surface area (Å²) in [4.78, 5) is 23.6. The number of rotatable bonds is 2. The van der Waals surface area contributed by atoms with Gasteiger partial charge < -0.3 is 20.1 Å². The lowest BCUT2D eigenvalue weighted by atomic mass is 10.0. The van der Waals surface area contributed by atoms with Crippen LogP contribution in [0.2, 0.25) is 0 Å². The molecule has 1 saturated heterocycles. The summed E-state index contributed by atoms with van der Waals surface area (Å²) < 4.78 is 49.8. The van der Waals surface area contributed by atoms with E-state index in [1.54, 1.807) is 11.0 Å². The monoisotopic (exact) mass is 444 g/mol. The molecule has 0 bridgehead atoms. The van der Waals surface area contributed by atoms with Gasteiger partial charge in [-0.05, 0) is 29.3 Å². The third-order valence-corrected chi connectivity index (χ3v) is 5.84. The number of aromatic nitrogens is 2. The molecule has 2 aliphatic rings. The molecule has 0 spiro atoms. The van der Waals surface area contributed by atoms with Crippen LogP contribution < -0.4 is 5.73 Å². The second-order valence-corrected chi connectivity index (χ2v) is 7.75. The normalized spacial score (nSPS) is 18.7. The molecule has 7 nitrogen and oxygen atoms in total. The third kappa shape index (κ3) is 3.55. The molecule has 10 heteroatoms. The molecule has 0 radical (unpaired) electrons. The second kappa shape index (κ2) is 7.72. The highest BCUT2D eigenvalue weighted by molar-refractivity contribution is 5.98. The van der Waals surface area contributed by atoms with Gasteiger partial charge in [-0.1, -0.05) is 12.1 Å². The standard InChI is InChI=1S/C22H19F3N4O3/c23-22(24,25)14-3-1-12(2-4-14)18-11-31-6-5-29(18)21(30)13-7-15-16-9-32-10-17(16)19(26)28-20(15)27-8-13/h1-4,7-8,18H,5-6,9-11H2,(H2,26,27,28)/t18-/m0/s1. The van der Waals surface area contributed by atoms with E-state index in [0.717, 1.165) is 23.3 Å². The Balaban J connectivity index is 1.48. The molecule has 3 aromatic rings. The minimum absolute atomic E-state index is 0.194. The van der Waals surface area contributed by atoms with Gasteiger partial charge in [0, 0.05) is 23.7 Å². The maximum atomic E-state index is 13.4. The lowest BCUT2D eigenvalue weighted by molar-refractivity contribution is -0.137. The lowest BCUT2D eigenvalue weighted by Gasteiger charge is -2.36. The highest BCUT2D eigenvalue weighted by Crippen LogP contribution is 2.33. The van der Waals surface area contributed by atoms with Gasteiger partial charge in [0.15, 0.2) is 5.65 Å². The third-order valence-electron chi connectivity index (χ3n) is 5.84. The molecular formula is C22H19F3N4O3. The van der Waals surface area contributed by atoms with E-state index in [0.29, 0.717) is 54.3 Å². The van der Waals surface area contributed by atoms with Gasteiger partial charge in [-0.25, -0.2) is 9.97 Å². The zero-order chi connectivity index (χ0) is 22.5. The fourth-order valence-corrected chi connectivity index (χ4v) is 4.15. The molecule has 32 heavy (non-hydrogen) atoms. The van der Waals surface area contributed by atoms with E-state index in [2.05, 4.69) is 9.97 Å². The fraction of sp³-hybridized carbons (Fsp3) is 0.318. The summed E-state index contributed by atoms with van der Waals surface area (Å²) in [5, 5.41) is 0.705. The highest BCUT2D eigenvalue weighted by Gasteiger charge is 2.33. The molecule has 1 fully saturated rings. The molecule has 1 atom stereocenters. The van der Waals surface area contributed by atoms with Crippen molar-refractivity contribution in [3.05, 3.63) is 64.3 Å². The largest absolute Gasteiger partial charge is 0.416 e. The van der Waals surface area contributed by atoms with Crippen molar-refractivity contribution < 1.29 is 27.4 Å². The van der Waals surface area contributed by atoms with Crippen LogP contribution in [0.3, 0.4) is 0 Å². The van der Waals surface area contributed by atoms with Crippen LogP contribution in [-0.4, -0.2) is 40.5 Å². The smallest absolute Gasteiger partial charge is 0.383 e. The van der Waals surface area contributed by atoms with Crippen molar-refractivity contribution in [2.75, 3.05) is 25.5 Å². The molecular weight excluding hydrogens is 425 g/mol. The van der Waals surface area contributed by atoms with Gasteiger partial charge in [0.2, 0.25) is 0 Å². The molecule has 5 rings (SSSR count). The summed E-state index contributed by atoms with van der Waals surface area (Å²) in [6, 6.07) is 6.03. The number of fused-ring (bicyclic) bond motifs is 3. The Bertz CT molecular complexity index is 1200. The summed E-state index contributed by atoms with van der Waals surface area (Å²) in [7, 11) is 0. The lowest BCUT2D eigenvalue weighted by Crippen LogP contribution is -2.43. The maximum absolute atomic E-state index is 13.4. The first kappa shape index (κ1) is 20.7. The Hall–Kier alpha value is -3.24. The summed E-state index contributed by atoms with van der Waals surface area (Å²) >= 11 is 0. The van der Waals surface area contributed by atoms with E-state index in [4.69, 9.17) is 15.2 Å². The number of pyridine rings is 2. The number of benzene rings is 1. The fourth-order valence-electron chi connectivity index (χ4n) is 4.15. The van der Waals surface area contributed by atoms with Gasteiger partial charge in [0.05, 0.1) is 43.6 Å². The van der Waals surface area contributed by atoms with Crippen LogP contribution in [0.25, 0.3) is 11.0 Å². The Kier molecular flexibility index (Phi) is 4.98. The van der Waals surface area contributed by atoms with Crippen molar-refractivity contribution in [2.45, 2.75) is 25.4 Å². The zero-order valence-corrected chi connectivity index (χ0v) is 16.9. The number of hydrogen-bond donors (Lipinski definition) is 1. The average molecular weight is 444 g/mol. The number of carbonyl (C=O) groups excluding carboxylic acids is 1. The number of ether oxygens (including phenoxy) is 2. The van der Waals surface area contributed by atoms with E-state index >= 15 is 0 Å². The van der Waals surface area contributed by atoms with Crippen LogP contribution in [0.5, 0.6) is 0 Å². The minimum Gasteiger partial charge on any atom is -0.383 e. The number of nitrogens with two attached hydrogens (primary N) is 1. The van der Waals surface area contributed by atoms with Crippen molar-refractivity contribution in [1.29, 1.82) is 0 Å². The molecule has 0 aliphatic carbocycles. The topological polar surface area (TPSA) is 90.6 Å². The van der Waals surface area contributed by atoms with Crippen LogP contribution in [-0.2, 0) is 28.9 Å². The van der Waals surface area contributed by atoms with Crippen molar-refractivity contribution in [3.8, 4) is 0 Å². The van der Waals surface area contributed by atoms with E-state index in [-0.39, 0.29) is 12.5 Å². The van der Waals surface area contributed by atoms with Crippen LogP contribution in [0.1, 0.15) is 38.7 Å². The predicted octanol–water partition coefficient (Wildman–Crippen LogP) is 3.47. The van der Waals surface area contributed by atoms with Gasteiger partial charge in [-0.3, -0.25) is 4.79 Å². The minimum atomic E-state index is -4.42. The summed E-state index contributed by atoms with van der Waals surface area (Å²) in [5.74, 6) is 0.0872. The number of amides is 1. The van der Waals surface area contributed by atoms with Crippen molar-refractivity contribution in [3.63, 3.8) is 0 Å². The van der Waals surface area contributed by atoms with E-state index < -0.39 is 17.8 Å². The van der Waals surface area contributed by atoms with Gasteiger partial charge in [-0.15, -0.1) is 0 Å². The second-order valence-electron chi connectivity index (χ2n) is 7.75. The number of carbonyl (C=O) groups is 1. The number of nitrogen functional groups attached to an aromatic ring is 1. The van der Waals surface area contributed by atoms with Gasteiger partial charge in [0.1, 0.15) is 5.82 Å². The van der Waals surface area contributed by atoms with Crippen molar-refractivity contribution in [1.82, 2.24) is 14.9 Å². The quantitative estimate of drug-likeness (QED) is 0.651. The molecule has 166 valence electrons. The molecule has 0 saturated carbocycles. The molecule has 2 aliphatic heterocycles. The van der Waals surface area contributed by atoms with E-state index in [9.17, 15) is 18.0 Å². The molecule has 1 aromatic carbocycles. The van der Waals surface area contributed by atoms with Crippen molar-refractivity contribution in [2.24, 2.45) is 0 Å². The highest BCUT2D eigenvalue weighted by atomic mass is 19.4. The van der Waals surface area contributed by atoms with Crippen LogP contribution in [0.15, 0.2) is 36.5 Å². The first-order valence-corrected chi connectivity index (χ1v) is 10.0. The van der Waals surface area contributed by atoms with Crippen molar-refractivity contribution >= 4 is 22.8 Å². The first-order chi connectivity index (χ1) is 15.3. The molecule has 0 unspecified atom stereocenters. The molecule has 2 aromatic heterocycles.